The van der Waals surface area contributed by atoms with Crippen LogP contribution in [0.4, 0.5) is 5.69 Å². The van der Waals surface area contributed by atoms with Crippen LogP contribution in [-0.4, -0.2) is 44.2 Å². The summed E-state index contributed by atoms with van der Waals surface area (Å²) in [6.45, 7) is -0.755. The van der Waals surface area contributed by atoms with E-state index < -0.39 is 40.9 Å². The average molecular weight is 417 g/mol. The summed E-state index contributed by atoms with van der Waals surface area (Å²) in [5.41, 5.74) is -0.0873. The lowest BCUT2D eigenvalue weighted by molar-refractivity contribution is -0.384. The van der Waals surface area contributed by atoms with Crippen molar-refractivity contribution in [2.45, 2.75) is 6.04 Å². The number of halogens is 1. The molecule has 0 aromatic heterocycles. The van der Waals surface area contributed by atoms with Gasteiger partial charge in [-0.25, -0.2) is 0 Å². The second-order valence-electron chi connectivity index (χ2n) is 6.18. The SMILES string of the molecule is O=C(O)CN1C(=O)C(=O)/C(=C(/O)c2ccc([N+](=O)[O-])cc2)C1c1ccc(Cl)cc1. The minimum Gasteiger partial charge on any atom is -0.507 e. The lowest BCUT2D eigenvalue weighted by Gasteiger charge is -2.23. The first-order valence-electron chi connectivity index (χ1n) is 8.21. The smallest absolute Gasteiger partial charge is 0.323 e. The van der Waals surface area contributed by atoms with E-state index in [9.17, 15) is 29.6 Å². The van der Waals surface area contributed by atoms with Crippen LogP contribution in [0.25, 0.3) is 5.76 Å². The van der Waals surface area contributed by atoms with Gasteiger partial charge in [0.2, 0.25) is 0 Å². The number of likely N-dealkylation sites (tertiary alicyclic amines) is 1. The molecule has 3 rings (SSSR count). The monoisotopic (exact) mass is 416 g/mol. The lowest BCUT2D eigenvalue weighted by atomic mass is 9.95. The van der Waals surface area contributed by atoms with Crippen molar-refractivity contribution >= 4 is 40.7 Å². The highest BCUT2D eigenvalue weighted by atomic mass is 35.5. The lowest BCUT2D eigenvalue weighted by Crippen LogP contribution is -2.34. The summed E-state index contributed by atoms with van der Waals surface area (Å²) in [7, 11) is 0. The van der Waals surface area contributed by atoms with E-state index in [1.54, 1.807) is 0 Å². The molecule has 2 N–H and O–H groups in total. The summed E-state index contributed by atoms with van der Waals surface area (Å²) in [5.74, 6) is -4.02. The van der Waals surface area contributed by atoms with E-state index in [1.807, 2.05) is 0 Å². The number of benzene rings is 2. The van der Waals surface area contributed by atoms with Gasteiger partial charge in [0.05, 0.1) is 16.5 Å². The van der Waals surface area contributed by atoms with E-state index in [-0.39, 0.29) is 16.8 Å². The van der Waals surface area contributed by atoms with Crippen LogP contribution >= 0.6 is 11.6 Å². The number of aliphatic hydroxyl groups is 1. The number of carboxylic acids is 1. The maximum Gasteiger partial charge on any atom is 0.323 e. The molecule has 1 atom stereocenters. The Bertz CT molecular complexity index is 1050. The van der Waals surface area contributed by atoms with Gasteiger partial charge in [0.25, 0.3) is 17.4 Å². The quantitative estimate of drug-likeness (QED) is 0.251. The predicted octanol–water partition coefficient (Wildman–Crippen LogP) is 2.75. The highest BCUT2D eigenvalue weighted by molar-refractivity contribution is 6.46. The second kappa shape index (κ2) is 7.72. The third-order valence-corrected chi connectivity index (χ3v) is 4.63. The largest absolute Gasteiger partial charge is 0.507 e. The Kier molecular flexibility index (Phi) is 5.33. The number of ketones is 1. The van der Waals surface area contributed by atoms with Crippen LogP contribution in [0.2, 0.25) is 5.02 Å². The van der Waals surface area contributed by atoms with Crippen molar-refractivity contribution in [3.05, 3.63) is 80.4 Å². The minimum atomic E-state index is -1.33. The van der Waals surface area contributed by atoms with Gasteiger partial charge in [-0.1, -0.05) is 23.7 Å². The first-order chi connectivity index (χ1) is 13.7. The fourth-order valence-corrected chi connectivity index (χ4v) is 3.20. The molecule has 1 unspecified atom stereocenters. The van der Waals surface area contributed by atoms with Crippen molar-refractivity contribution in [3.63, 3.8) is 0 Å². The third kappa shape index (κ3) is 3.81. The van der Waals surface area contributed by atoms with E-state index in [1.165, 1.54) is 36.4 Å². The van der Waals surface area contributed by atoms with Gasteiger partial charge in [0.1, 0.15) is 12.3 Å². The number of Topliss-reactive ketones (excluding diaryl/α,β-unsaturated/α-hetero) is 1. The molecule has 29 heavy (non-hydrogen) atoms. The van der Waals surface area contributed by atoms with E-state index in [4.69, 9.17) is 16.7 Å². The standard InChI is InChI=1S/C19H13ClN2O7/c20-12-5-1-10(2-6-12)16-15(18(26)19(27)21(16)9-14(23)24)17(25)11-3-7-13(8-4-11)22(28)29/h1-8,16,25H,9H2,(H,23,24)/b17-15+. The number of hydrogen-bond donors (Lipinski definition) is 2. The van der Waals surface area contributed by atoms with E-state index >= 15 is 0 Å². The molecule has 1 amide bonds. The van der Waals surface area contributed by atoms with Crippen LogP contribution in [0, 0.1) is 10.1 Å². The van der Waals surface area contributed by atoms with Crippen molar-refractivity contribution in [1.29, 1.82) is 0 Å². The number of aliphatic carboxylic acids is 1. The van der Waals surface area contributed by atoms with Crippen molar-refractivity contribution < 1.29 is 29.5 Å². The molecule has 1 fully saturated rings. The number of nitro groups is 1. The molecule has 1 saturated heterocycles. The van der Waals surface area contributed by atoms with Gasteiger partial charge in [-0.2, -0.15) is 0 Å². The molecule has 2 aromatic rings. The Labute approximate surface area is 168 Å². The van der Waals surface area contributed by atoms with Gasteiger partial charge in [-0.3, -0.25) is 24.5 Å². The molecule has 2 aromatic carbocycles. The van der Waals surface area contributed by atoms with Crippen LogP contribution in [0.15, 0.2) is 54.1 Å². The fourth-order valence-electron chi connectivity index (χ4n) is 3.08. The number of non-ortho nitro benzene ring substituents is 1. The minimum absolute atomic E-state index is 0.0721. The predicted molar refractivity (Wildman–Crippen MR) is 101 cm³/mol. The number of nitro benzene ring substituents is 1. The molecule has 1 aliphatic heterocycles. The van der Waals surface area contributed by atoms with Crippen molar-refractivity contribution in [1.82, 2.24) is 4.90 Å². The Hall–Kier alpha value is -3.72. The maximum absolute atomic E-state index is 12.6. The molecular formula is C19H13ClN2O7. The number of amides is 1. The number of hydrogen-bond acceptors (Lipinski definition) is 6. The number of carbonyl (C=O) groups is 3. The zero-order valence-corrected chi connectivity index (χ0v) is 15.4. The fraction of sp³-hybridized carbons (Fsp3) is 0.105. The Morgan fingerprint density at radius 2 is 1.66 bits per heavy atom. The van der Waals surface area contributed by atoms with Crippen molar-refractivity contribution in [2.24, 2.45) is 0 Å². The van der Waals surface area contributed by atoms with Crippen molar-refractivity contribution in [2.75, 3.05) is 6.54 Å². The zero-order chi connectivity index (χ0) is 21.3. The molecular weight excluding hydrogens is 404 g/mol. The topological polar surface area (TPSA) is 138 Å². The number of rotatable bonds is 5. The summed E-state index contributed by atoms with van der Waals surface area (Å²) in [6, 6.07) is 9.62. The van der Waals surface area contributed by atoms with Crippen LogP contribution in [-0.2, 0) is 14.4 Å². The molecule has 1 heterocycles. The van der Waals surface area contributed by atoms with Crippen molar-refractivity contribution in [3.8, 4) is 0 Å². The molecule has 0 spiro atoms. The highest BCUT2D eigenvalue weighted by Crippen LogP contribution is 2.39. The number of nitrogens with zero attached hydrogens (tertiary/aromatic N) is 2. The molecule has 0 aliphatic carbocycles. The summed E-state index contributed by atoms with van der Waals surface area (Å²) in [6.07, 6.45) is 0. The maximum atomic E-state index is 12.6. The summed E-state index contributed by atoms with van der Waals surface area (Å²) in [5, 5.41) is 31.0. The van der Waals surface area contributed by atoms with Crippen LogP contribution in [0.1, 0.15) is 17.2 Å². The first-order valence-corrected chi connectivity index (χ1v) is 8.59. The molecule has 10 heteroatoms. The summed E-state index contributed by atoms with van der Waals surface area (Å²) in [4.78, 5) is 47.3. The number of carbonyl (C=O) groups excluding carboxylic acids is 2. The third-order valence-electron chi connectivity index (χ3n) is 4.38. The normalized spacial score (nSPS) is 18.1. The molecule has 0 saturated carbocycles. The van der Waals surface area contributed by atoms with Gasteiger partial charge in [0, 0.05) is 22.7 Å². The number of aliphatic hydroxyl groups excluding tert-OH is 1. The summed E-state index contributed by atoms with van der Waals surface area (Å²) >= 11 is 5.87. The molecule has 148 valence electrons. The van der Waals surface area contributed by atoms with Gasteiger partial charge in [0.15, 0.2) is 0 Å². The Morgan fingerprint density at radius 3 is 2.17 bits per heavy atom. The van der Waals surface area contributed by atoms with Crippen LogP contribution in [0.5, 0.6) is 0 Å². The molecule has 0 radical (unpaired) electrons. The van der Waals surface area contributed by atoms with Gasteiger partial charge >= 0.3 is 5.97 Å². The zero-order valence-electron chi connectivity index (χ0n) is 14.6. The first kappa shape index (κ1) is 20.0. The summed E-state index contributed by atoms with van der Waals surface area (Å²) < 4.78 is 0. The second-order valence-corrected chi connectivity index (χ2v) is 6.61. The van der Waals surface area contributed by atoms with Gasteiger partial charge in [-0.05, 0) is 29.8 Å². The van der Waals surface area contributed by atoms with Crippen LogP contribution < -0.4 is 0 Å². The van der Waals surface area contributed by atoms with E-state index in [0.29, 0.717) is 10.6 Å². The van der Waals surface area contributed by atoms with Crippen LogP contribution in [0.3, 0.4) is 0 Å². The molecule has 9 nitrogen and oxygen atoms in total. The van der Waals surface area contributed by atoms with E-state index in [0.717, 1.165) is 17.0 Å². The average Bonchev–Trinajstić information content (AvgIpc) is 2.92. The molecule has 0 bridgehead atoms. The highest BCUT2D eigenvalue weighted by Gasteiger charge is 2.46. The van der Waals surface area contributed by atoms with Gasteiger partial charge in [-0.15, -0.1) is 0 Å². The van der Waals surface area contributed by atoms with E-state index in [2.05, 4.69) is 0 Å². The Balaban J connectivity index is 2.16. The molecule has 1 aliphatic rings. The Morgan fingerprint density at radius 1 is 1.07 bits per heavy atom. The number of carboxylic acid groups (broad SMARTS) is 1. The van der Waals surface area contributed by atoms with Gasteiger partial charge < -0.3 is 15.1 Å².